The lowest BCUT2D eigenvalue weighted by molar-refractivity contribution is -0.139. The molecule has 0 aliphatic heterocycles. The number of ether oxygens (including phenoxy) is 1. The zero-order valence-corrected chi connectivity index (χ0v) is 10.3. The van der Waals surface area contributed by atoms with Crippen LogP contribution in [0.1, 0.15) is 23.2 Å². The summed E-state index contributed by atoms with van der Waals surface area (Å²) < 4.78 is 30.0. The molecule has 0 atom stereocenters. The van der Waals surface area contributed by atoms with Gasteiger partial charge in [0.2, 0.25) is 0 Å². The van der Waals surface area contributed by atoms with Crippen molar-refractivity contribution in [2.24, 2.45) is 0 Å². The Balaban J connectivity index is 3.09. The molecular weight excluding hydrogens is 284 g/mol. The summed E-state index contributed by atoms with van der Waals surface area (Å²) in [5.74, 6) is -0.494. The van der Waals surface area contributed by atoms with Crippen LogP contribution >= 0.6 is 15.9 Å². The van der Waals surface area contributed by atoms with Crippen molar-refractivity contribution in [2.45, 2.75) is 19.8 Å². The molecule has 0 fully saturated rings. The molecular formula is C10H10BrF2NO2. The molecule has 0 aliphatic rings. The number of pyridine rings is 1. The second-order valence-electron chi connectivity index (χ2n) is 3.17. The summed E-state index contributed by atoms with van der Waals surface area (Å²) in [5, 5.41) is 0. The van der Waals surface area contributed by atoms with Crippen molar-refractivity contribution in [3.63, 3.8) is 0 Å². The molecule has 0 spiro atoms. The van der Waals surface area contributed by atoms with E-state index in [1.807, 2.05) is 0 Å². The minimum Gasteiger partial charge on any atom is -0.469 e. The third kappa shape index (κ3) is 2.98. The van der Waals surface area contributed by atoms with Crippen LogP contribution < -0.4 is 0 Å². The van der Waals surface area contributed by atoms with Gasteiger partial charge in [-0.1, -0.05) is 0 Å². The van der Waals surface area contributed by atoms with Crippen LogP contribution in [0, 0.1) is 6.92 Å². The molecule has 0 aliphatic carbocycles. The molecule has 0 N–H and O–H groups in total. The van der Waals surface area contributed by atoms with Crippen LogP contribution in [0.25, 0.3) is 0 Å². The first kappa shape index (κ1) is 13.0. The first-order valence-electron chi connectivity index (χ1n) is 4.46. The highest BCUT2D eigenvalue weighted by molar-refractivity contribution is 9.10. The van der Waals surface area contributed by atoms with E-state index < -0.39 is 12.4 Å². The number of hydrogen-bond acceptors (Lipinski definition) is 3. The van der Waals surface area contributed by atoms with Gasteiger partial charge in [0, 0.05) is 11.3 Å². The summed E-state index contributed by atoms with van der Waals surface area (Å²) in [6, 6.07) is 1.27. The number of nitrogens with zero attached hydrogens (tertiary/aromatic N) is 1. The fourth-order valence-electron chi connectivity index (χ4n) is 1.21. The van der Waals surface area contributed by atoms with E-state index in [2.05, 4.69) is 25.7 Å². The summed E-state index contributed by atoms with van der Waals surface area (Å²) >= 11 is 3.12. The highest BCUT2D eigenvalue weighted by Gasteiger charge is 2.16. The Kier molecular flexibility index (Phi) is 4.35. The highest BCUT2D eigenvalue weighted by Crippen LogP contribution is 2.26. The van der Waals surface area contributed by atoms with E-state index in [0.717, 1.165) is 0 Å². The summed E-state index contributed by atoms with van der Waals surface area (Å²) in [6.45, 7) is 1.49. The van der Waals surface area contributed by atoms with E-state index in [1.54, 1.807) is 0 Å². The van der Waals surface area contributed by atoms with Crippen molar-refractivity contribution in [2.75, 3.05) is 7.11 Å². The number of halogens is 3. The number of carbonyl (C=O) groups excluding carboxylic acids is 1. The monoisotopic (exact) mass is 293 g/mol. The van der Waals surface area contributed by atoms with Crippen LogP contribution in [0.3, 0.4) is 0 Å². The summed E-state index contributed by atoms with van der Waals surface area (Å²) in [5.41, 5.74) is 0.477. The molecule has 1 aromatic heterocycles. The Bertz CT molecular complexity index is 410. The molecule has 0 bridgehead atoms. The topological polar surface area (TPSA) is 39.2 Å². The predicted molar refractivity (Wildman–Crippen MR) is 57.4 cm³/mol. The van der Waals surface area contributed by atoms with Crippen LogP contribution in [0.15, 0.2) is 10.7 Å². The van der Waals surface area contributed by atoms with Crippen LogP contribution in [-0.4, -0.2) is 18.1 Å². The van der Waals surface area contributed by atoms with Gasteiger partial charge in [-0.2, -0.15) is 0 Å². The van der Waals surface area contributed by atoms with Gasteiger partial charge in [-0.3, -0.25) is 4.79 Å². The predicted octanol–water partition coefficient (Wildman–Crippen LogP) is 2.81. The molecule has 3 nitrogen and oxygen atoms in total. The smallest absolute Gasteiger partial charge is 0.310 e. The van der Waals surface area contributed by atoms with E-state index in [-0.39, 0.29) is 17.7 Å². The maximum Gasteiger partial charge on any atom is 0.310 e. The van der Waals surface area contributed by atoms with Crippen LogP contribution in [0.4, 0.5) is 8.78 Å². The highest BCUT2D eigenvalue weighted by atomic mass is 79.9. The number of carbonyl (C=O) groups is 1. The quantitative estimate of drug-likeness (QED) is 0.635. The molecule has 0 unspecified atom stereocenters. The van der Waals surface area contributed by atoms with Gasteiger partial charge in [0.05, 0.1) is 13.5 Å². The van der Waals surface area contributed by atoms with Gasteiger partial charge >= 0.3 is 5.97 Å². The Morgan fingerprint density at radius 3 is 2.75 bits per heavy atom. The zero-order chi connectivity index (χ0) is 12.3. The van der Waals surface area contributed by atoms with Gasteiger partial charge in [-0.25, -0.2) is 13.8 Å². The Morgan fingerprint density at radius 1 is 1.62 bits per heavy atom. The fraction of sp³-hybridized carbons (Fsp3) is 0.400. The molecule has 0 saturated carbocycles. The minimum atomic E-state index is -2.60. The van der Waals surface area contributed by atoms with Crippen LogP contribution in [0.2, 0.25) is 0 Å². The molecule has 1 aromatic rings. The van der Waals surface area contributed by atoms with Crippen molar-refractivity contribution < 1.29 is 18.3 Å². The summed E-state index contributed by atoms with van der Waals surface area (Å²) in [7, 11) is 1.24. The number of esters is 1. The van der Waals surface area contributed by atoms with Gasteiger partial charge in [0.15, 0.2) is 0 Å². The maximum absolute atomic E-state index is 12.6. The zero-order valence-electron chi connectivity index (χ0n) is 8.76. The lowest BCUT2D eigenvalue weighted by Crippen LogP contribution is -2.07. The molecule has 1 rings (SSSR count). The first-order valence-corrected chi connectivity index (χ1v) is 5.26. The standard InChI is InChI=1S/C10H10BrF2NO2/c1-5-7(10(12)13)3-6(9(11)14-5)4-8(15)16-2/h3,10H,4H2,1-2H3. The van der Waals surface area contributed by atoms with Crippen molar-refractivity contribution in [3.05, 3.63) is 27.5 Å². The van der Waals surface area contributed by atoms with Crippen LogP contribution in [-0.2, 0) is 16.0 Å². The lowest BCUT2D eigenvalue weighted by Gasteiger charge is -2.09. The Hall–Kier alpha value is -1.04. The second-order valence-corrected chi connectivity index (χ2v) is 3.92. The molecule has 16 heavy (non-hydrogen) atoms. The number of aryl methyl sites for hydroxylation is 1. The van der Waals surface area contributed by atoms with Gasteiger partial charge in [0.1, 0.15) is 4.60 Å². The third-order valence-corrected chi connectivity index (χ3v) is 2.76. The molecule has 0 aromatic carbocycles. The Labute approximate surface area is 99.9 Å². The number of aromatic nitrogens is 1. The van der Waals surface area contributed by atoms with E-state index in [4.69, 9.17) is 0 Å². The van der Waals surface area contributed by atoms with Crippen molar-refractivity contribution in [3.8, 4) is 0 Å². The summed E-state index contributed by atoms with van der Waals surface area (Å²) in [6.07, 6.45) is -2.68. The minimum absolute atomic E-state index is 0.0793. The fourth-order valence-corrected chi connectivity index (χ4v) is 1.73. The van der Waals surface area contributed by atoms with Gasteiger partial charge in [0.25, 0.3) is 6.43 Å². The normalized spacial score (nSPS) is 10.6. The molecule has 0 saturated heterocycles. The third-order valence-electron chi connectivity index (χ3n) is 2.08. The molecule has 6 heteroatoms. The Morgan fingerprint density at radius 2 is 2.25 bits per heavy atom. The second kappa shape index (κ2) is 5.34. The lowest BCUT2D eigenvalue weighted by atomic mass is 10.1. The van der Waals surface area contributed by atoms with Gasteiger partial charge < -0.3 is 4.74 Å². The number of rotatable bonds is 3. The SMILES string of the molecule is COC(=O)Cc1cc(C(F)F)c(C)nc1Br. The molecule has 0 amide bonds. The number of alkyl halides is 2. The van der Waals surface area contributed by atoms with Crippen LogP contribution in [0.5, 0.6) is 0 Å². The van der Waals surface area contributed by atoms with Crippen molar-refractivity contribution in [1.29, 1.82) is 0 Å². The maximum atomic E-state index is 12.6. The summed E-state index contributed by atoms with van der Waals surface area (Å²) in [4.78, 5) is 15.0. The van der Waals surface area contributed by atoms with E-state index in [9.17, 15) is 13.6 Å². The van der Waals surface area contributed by atoms with Crippen molar-refractivity contribution in [1.82, 2.24) is 4.98 Å². The van der Waals surface area contributed by atoms with E-state index in [0.29, 0.717) is 10.2 Å². The average molecular weight is 294 g/mol. The van der Waals surface area contributed by atoms with Gasteiger partial charge in [-0.15, -0.1) is 0 Å². The largest absolute Gasteiger partial charge is 0.469 e. The van der Waals surface area contributed by atoms with E-state index in [1.165, 1.54) is 20.1 Å². The van der Waals surface area contributed by atoms with Crippen molar-refractivity contribution >= 4 is 21.9 Å². The first-order chi connectivity index (χ1) is 7.45. The molecule has 0 radical (unpaired) electrons. The average Bonchev–Trinajstić information content (AvgIpc) is 2.21. The molecule has 88 valence electrons. The number of hydrogen-bond donors (Lipinski definition) is 0. The molecule has 1 heterocycles. The van der Waals surface area contributed by atoms with Gasteiger partial charge in [-0.05, 0) is 34.5 Å². The number of methoxy groups -OCH3 is 1. The van der Waals surface area contributed by atoms with E-state index >= 15 is 0 Å².